The van der Waals surface area contributed by atoms with Gasteiger partial charge in [0.2, 0.25) is 0 Å². The van der Waals surface area contributed by atoms with E-state index in [1.54, 1.807) is 5.57 Å². The number of allylic oxidation sites excluding steroid dienone is 2. The fraction of sp³-hybridized carbons (Fsp3) is 0.870. The lowest BCUT2D eigenvalue weighted by Crippen LogP contribution is -2.49. The lowest BCUT2D eigenvalue weighted by atomic mass is 9.71. The number of rotatable bonds is 2. The van der Waals surface area contributed by atoms with Gasteiger partial charge in [-0.1, -0.05) is 52.7 Å². The Morgan fingerprint density at radius 3 is 2.50 bits per heavy atom. The molecule has 0 aliphatic heterocycles. The smallest absolute Gasteiger partial charge is 0.192 e. The average Bonchev–Trinajstić information content (AvgIpc) is 2.80. The first-order chi connectivity index (χ1) is 11.9. The number of hydrogen-bond acceptors (Lipinski definition) is 2. The Hall–Kier alpha value is -0.413. The number of carbonyl (C=O) groups is 1. The summed E-state index contributed by atoms with van der Waals surface area (Å²) in [5, 5.41) is 0.224. The summed E-state index contributed by atoms with van der Waals surface area (Å²) in [6, 6.07) is 0. The molecule has 0 aromatic rings. The molecule has 2 nitrogen and oxygen atoms in total. The molecule has 2 bridgehead atoms. The van der Waals surface area contributed by atoms with E-state index >= 15 is 0 Å². The summed E-state index contributed by atoms with van der Waals surface area (Å²) >= 11 is 0. The van der Waals surface area contributed by atoms with Gasteiger partial charge >= 0.3 is 0 Å². The van der Waals surface area contributed by atoms with Gasteiger partial charge in [-0.15, -0.1) is 0 Å². The Morgan fingerprint density at radius 1 is 1.15 bits per heavy atom. The largest absolute Gasteiger partial charge is 0.414 e. The van der Waals surface area contributed by atoms with Crippen LogP contribution in [0.2, 0.25) is 18.1 Å². The highest BCUT2D eigenvalue weighted by Gasteiger charge is 2.47. The molecule has 26 heavy (non-hydrogen) atoms. The van der Waals surface area contributed by atoms with Crippen molar-refractivity contribution in [1.82, 2.24) is 0 Å². The van der Waals surface area contributed by atoms with E-state index in [0.29, 0.717) is 17.6 Å². The van der Waals surface area contributed by atoms with E-state index < -0.39 is 8.32 Å². The van der Waals surface area contributed by atoms with Gasteiger partial charge in [0.1, 0.15) is 5.78 Å². The number of Topliss-reactive ketones (excluding diaryl/α,β-unsaturated/α-hetero) is 1. The highest BCUT2D eigenvalue weighted by molar-refractivity contribution is 6.74. The first-order valence-corrected chi connectivity index (χ1v) is 13.7. The molecule has 3 aliphatic rings. The van der Waals surface area contributed by atoms with E-state index in [4.69, 9.17) is 4.43 Å². The summed E-state index contributed by atoms with van der Waals surface area (Å²) in [6.07, 6.45) is 10.4. The standard InChI is InChI=1S/C23H40O2Si/c1-22(2,3)26(6,7)25-21-10-8-9-18-19(21)14-13-16-11-12-17(15-20(18)24)23(16,4)5/h13,17-19,21H,8-12,14-15H2,1-7H3/t17-,18-,19-,21-/m1/s1. The third-order valence-corrected chi connectivity index (χ3v) is 12.9. The highest BCUT2D eigenvalue weighted by Crippen LogP contribution is 2.52. The van der Waals surface area contributed by atoms with Crippen molar-refractivity contribution in [2.45, 2.75) is 104 Å². The Balaban J connectivity index is 1.88. The molecule has 0 saturated heterocycles. The summed E-state index contributed by atoms with van der Waals surface area (Å²) in [7, 11) is -1.81. The monoisotopic (exact) mass is 376 g/mol. The van der Waals surface area contributed by atoms with Crippen LogP contribution in [0.25, 0.3) is 0 Å². The Labute approximate surface area is 162 Å². The van der Waals surface area contributed by atoms with Crippen LogP contribution in [0.3, 0.4) is 0 Å². The molecule has 0 aromatic carbocycles. The quantitative estimate of drug-likeness (QED) is 0.405. The molecule has 2 fully saturated rings. The van der Waals surface area contributed by atoms with Crippen LogP contribution in [-0.2, 0) is 9.22 Å². The van der Waals surface area contributed by atoms with Gasteiger partial charge in [-0.2, -0.15) is 0 Å². The van der Waals surface area contributed by atoms with Crippen molar-refractivity contribution in [3.8, 4) is 0 Å². The topological polar surface area (TPSA) is 26.3 Å². The second kappa shape index (κ2) is 6.88. The number of fused-ring (bicyclic) bond motifs is 3. The van der Waals surface area contributed by atoms with E-state index in [-0.39, 0.29) is 22.5 Å². The van der Waals surface area contributed by atoms with Crippen molar-refractivity contribution in [3.63, 3.8) is 0 Å². The van der Waals surface area contributed by atoms with E-state index in [0.717, 1.165) is 32.1 Å². The van der Waals surface area contributed by atoms with E-state index in [2.05, 4.69) is 53.8 Å². The van der Waals surface area contributed by atoms with Crippen molar-refractivity contribution in [2.24, 2.45) is 23.2 Å². The van der Waals surface area contributed by atoms with Crippen molar-refractivity contribution < 1.29 is 9.22 Å². The zero-order chi connectivity index (χ0) is 19.3. The summed E-state index contributed by atoms with van der Waals surface area (Å²) in [5.41, 5.74) is 1.81. The minimum Gasteiger partial charge on any atom is -0.414 e. The predicted molar refractivity (Wildman–Crippen MR) is 112 cm³/mol. The number of hydrogen-bond donors (Lipinski definition) is 0. The molecule has 4 atom stereocenters. The molecule has 148 valence electrons. The van der Waals surface area contributed by atoms with Crippen LogP contribution >= 0.6 is 0 Å². The maximum atomic E-state index is 13.3. The van der Waals surface area contributed by atoms with Crippen molar-refractivity contribution >= 4 is 14.1 Å². The van der Waals surface area contributed by atoms with E-state index in [1.165, 1.54) is 12.8 Å². The van der Waals surface area contributed by atoms with Crippen LogP contribution < -0.4 is 0 Å². The third-order valence-electron chi connectivity index (χ3n) is 8.36. The molecule has 3 aliphatic carbocycles. The van der Waals surface area contributed by atoms with Crippen LogP contribution in [0.5, 0.6) is 0 Å². The summed E-state index contributed by atoms with van der Waals surface area (Å²) in [6.45, 7) is 16.4. The zero-order valence-electron chi connectivity index (χ0n) is 18.2. The van der Waals surface area contributed by atoms with Crippen molar-refractivity contribution in [2.75, 3.05) is 0 Å². The van der Waals surface area contributed by atoms with Crippen LogP contribution in [0, 0.1) is 23.2 Å². The van der Waals surface area contributed by atoms with Gasteiger partial charge in [-0.3, -0.25) is 4.79 Å². The molecular weight excluding hydrogens is 336 g/mol. The van der Waals surface area contributed by atoms with Gasteiger partial charge in [0.05, 0.1) is 0 Å². The van der Waals surface area contributed by atoms with Crippen molar-refractivity contribution in [3.05, 3.63) is 11.6 Å². The molecule has 0 amide bonds. The number of carbonyl (C=O) groups excluding carboxylic acids is 1. The summed E-state index contributed by atoms with van der Waals surface area (Å²) in [5.74, 6) is 1.70. The third kappa shape index (κ3) is 3.63. The van der Waals surface area contributed by atoms with Gasteiger partial charge < -0.3 is 4.43 Å². The maximum Gasteiger partial charge on any atom is 0.192 e. The molecule has 2 saturated carbocycles. The minimum absolute atomic E-state index is 0.207. The van der Waals surface area contributed by atoms with Crippen LogP contribution in [0.1, 0.15) is 79.6 Å². The zero-order valence-corrected chi connectivity index (χ0v) is 19.2. The SMILES string of the molecule is CC1(C)C2=CC[C@H]3[C@H](O[Si](C)(C)C(C)(C)C)CCC[C@H]3C(=O)C[C@H]1CC2. The fourth-order valence-electron chi connectivity index (χ4n) is 5.31. The van der Waals surface area contributed by atoms with E-state index in [1.807, 2.05) is 0 Å². The first-order valence-electron chi connectivity index (χ1n) is 10.8. The van der Waals surface area contributed by atoms with Gasteiger partial charge in [0, 0.05) is 18.4 Å². The molecule has 0 radical (unpaired) electrons. The van der Waals surface area contributed by atoms with Gasteiger partial charge in [-0.05, 0) is 67.5 Å². The molecule has 0 N–H and O–H groups in total. The Kier molecular flexibility index (Phi) is 5.38. The molecule has 0 spiro atoms. The van der Waals surface area contributed by atoms with Crippen LogP contribution in [0.15, 0.2) is 11.6 Å². The number of ketones is 1. The molecule has 0 unspecified atom stereocenters. The predicted octanol–water partition coefficient (Wildman–Crippen LogP) is 6.52. The molecular formula is C23H40O2Si. The summed E-state index contributed by atoms with van der Waals surface area (Å²) in [4.78, 5) is 13.3. The van der Waals surface area contributed by atoms with Gasteiger partial charge in [-0.25, -0.2) is 0 Å². The van der Waals surface area contributed by atoms with Gasteiger partial charge in [0.15, 0.2) is 8.32 Å². The second-order valence-corrected chi connectivity index (χ2v) is 16.0. The lowest BCUT2D eigenvalue weighted by molar-refractivity contribution is -0.129. The highest BCUT2D eigenvalue weighted by atomic mass is 28.4. The first kappa shape index (κ1) is 20.3. The maximum absolute atomic E-state index is 13.3. The normalized spacial score (nSPS) is 35.2. The Bertz CT molecular complexity index is 582. The van der Waals surface area contributed by atoms with E-state index in [9.17, 15) is 4.79 Å². The van der Waals surface area contributed by atoms with Gasteiger partial charge in [0.25, 0.3) is 0 Å². The molecule has 0 heterocycles. The molecule has 3 rings (SSSR count). The molecule has 3 heteroatoms. The minimum atomic E-state index is -1.81. The van der Waals surface area contributed by atoms with Crippen LogP contribution in [-0.4, -0.2) is 20.2 Å². The summed E-state index contributed by atoms with van der Waals surface area (Å²) < 4.78 is 6.89. The van der Waals surface area contributed by atoms with Crippen LogP contribution in [0.4, 0.5) is 0 Å². The Morgan fingerprint density at radius 2 is 1.85 bits per heavy atom. The van der Waals surface area contributed by atoms with Crippen molar-refractivity contribution in [1.29, 1.82) is 0 Å². The average molecular weight is 377 g/mol. The molecule has 0 aromatic heterocycles. The second-order valence-electron chi connectivity index (χ2n) is 11.2. The lowest BCUT2D eigenvalue weighted by Gasteiger charge is -2.45. The fourth-order valence-corrected chi connectivity index (χ4v) is 6.72.